The summed E-state index contributed by atoms with van der Waals surface area (Å²) in [5.41, 5.74) is 7.23. The molecule has 0 heterocycles. The highest BCUT2D eigenvalue weighted by Gasteiger charge is 2.13. The first-order chi connectivity index (χ1) is 9.63. The van der Waals surface area contributed by atoms with Gasteiger partial charge in [-0.2, -0.15) is 0 Å². The normalized spacial score (nSPS) is 9.90. The summed E-state index contributed by atoms with van der Waals surface area (Å²) in [5.74, 6) is 0.851. The zero-order valence-corrected chi connectivity index (χ0v) is 11.3. The van der Waals surface area contributed by atoms with Crippen LogP contribution in [0.4, 0.5) is 11.4 Å². The molecular formula is C15H16N2O3. The largest absolute Gasteiger partial charge is 0.497 e. The molecule has 2 rings (SSSR count). The van der Waals surface area contributed by atoms with Crippen LogP contribution < -0.4 is 20.5 Å². The van der Waals surface area contributed by atoms with Gasteiger partial charge in [0.1, 0.15) is 11.5 Å². The van der Waals surface area contributed by atoms with E-state index in [4.69, 9.17) is 15.2 Å². The number of hydrogen-bond acceptors (Lipinski definition) is 4. The van der Waals surface area contributed by atoms with E-state index in [9.17, 15) is 4.79 Å². The number of nitrogens with one attached hydrogen (secondary N) is 1. The maximum absolute atomic E-state index is 12.3. The number of amides is 1. The SMILES string of the molecule is COc1cccc(NC(=O)c2cc(N)ccc2OC)c1. The monoisotopic (exact) mass is 272 g/mol. The summed E-state index contributed by atoms with van der Waals surface area (Å²) >= 11 is 0. The number of nitrogen functional groups attached to an aromatic ring is 1. The molecule has 2 aromatic rings. The lowest BCUT2D eigenvalue weighted by Gasteiger charge is -2.10. The summed E-state index contributed by atoms with van der Waals surface area (Å²) in [6, 6.07) is 12.0. The number of benzene rings is 2. The molecule has 2 aromatic carbocycles. The highest BCUT2D eigenvalue weighted by Crippen LogP contribution is 2.23. The third-order valence-corrected chi connectivity index (χ3v) is 2.80. The highest BCUT2D eigenvalue weighted by atomic mass is 16.5. The van der Waals surface area contributed by atoms with Gasteiger partial charge in [0.15, 0.2) is 0 Å². The molecule has 0 saturated carbocycles. The van der Waals surface area contributed by atoms with Crippen molar-refractivity contribution in [1.29, 1.82) is 0 Å². The van der Waals surface area contributed by atoms with Gasteiger partial charge in [-0.15, -0.1) is 0 Å². The van der Waals surface area contributed by atoms with Crippen molar-refractivity contribution in [3.05, 3.63) is 48.0 Å². The Kier molecular flexibility index (Phi) is 4.10. The predicted molar refractivity (Wildman–Crippen MR) is 78.4 cm³/mol. The van der Waals surface area contributed by atoms with E-state index >= 15 is 0 Å². The van der Waals surface area contributed by atoms with Crippen molar-refractivity contribution in [2.45, 2.75) is 0 Å². The van der Waals surface area contributed by atoms with Crippen molar-refractivity contribution in [1.82, 2.24) is 0 Å². The zero-order valence-electron chi connectivity index (χ0n) is 11.3. The van der Waals surface area contributed by atoms with Crippen LogP contribution in [-0.4, -0.2) is 20.1 Å². The Balaban J connectivity index is 2.25. The Labute approximate surface area is 117 Å². The third kappa shape index (κ3) is 3.00. The van der Waals surface area contributed by atoms with Crippen molar-refractivity contribution in [2.75, 3.05) is 25.3 Å². The summed E-state index contributed by atoms with van der Waals surface area (Å²) in [5, 5.41) is 2.78. The Bertz CT molecular complexity index is 626. The van der Waals surface area contributed by atoms with Crippen molar-refractivity contribution in [2.24, 2.45) is 0 Å². The van der Waals surface area contributed by atoms with Crippen LogP contribution in [0.25, 0.3) is 0 Å². The van der Waals surface area contributed by atoms with Crippen molar-refractivity contribution in [3.8, 4) is 11.5 Å². The molecule has 0 fully saturated rings. The van der Waals surface area contributed by atoms with E-state index in [2.05, 4.69) is 5.32 Å². The van der Waals surface area contributed by atoms with Gasteiger partial charge in [-0.05, 0) is 30.3 Å². The van der Waals surface area contributed by atoms with E-state index < -0.39 is 0 Å². The van der Waals surface area contributed by atoms with Crippen LogP contribution in [0.15, 0.2) is 42.5 Å². The van der Waals surface area contributed by atoms with Crippen LogP contribution in [0.2, 0.25) is 0 Å². The lowest BCUT2D eigenvalue weighted by molar-refractivity contribution is 0.102. The maximum Gasteiger partial charge on any atom is 0.259 e. The first-order valence-electron chi connectivity index (χ1n) is 6.03. The Morgan fingerprint density at radius 1 is 1.10 bits per heavy atom. The fraction of sp³-hybridized carbons (Fsp3) is 0.133. The molecule has 0 bridgehead atoms. The molecule has 5 nitrogen and oxygen atoms in total. The van der Waals surface area contributed by atoms with Gasteiger partial charge in [-0.1, -0.05) is 6.07 Å². The summed E-state index contributed by atoms with van der Waals surface area (Å²) < 4.78 is 10.3. The van der Waals surface area contributed by atoms with Crippen LogP contribution in [0.1, 0.15) is 10.4 Å². The second-order valence-electron chi connectivity index (χ2n) is 4.15. The minimum Gasteiger partial charge on any atom is -0.497 e. The second-order valence-corrected chi connectivity index (χ2v) is 4.15. The number of rotatable bonds is 4. The summed E-state index contributed by atoms with van der Waals surface area (Å²) in [7, 11) is 3.08. The lowest BCUT2D eigenvalue weighted by Crippen LogP contribution is -2.13. The van der Waals surface area contributed by atoms with Gasteiger partial charge in [0.25, 0.3) is 5.91 Å². The van der Waals surface area contributed by atoms with Crippen LogP contribution >= 0.6 is 0 Å². The van der Waals surface area contributed by atoms with E-state index in [0.29, 0.717) is 28.4 Å². The number of nitrogens with two attached hydrogens (primary N) is 1. The molecule has 20 heavy (non-hydrogen) atoms. The van der Waals surface area contributed by atoms with Gasteiger partial charge < -0.3 is 20.5 Å². The minimum absolute atomic E-state index is 0.289. The molecule has 104 valence electrons. The molecule has 0 atom stereocenters. The smallest absolute Gasteiger partial charge is 0.259 e. The van der Waals surface area contributed by atoms with E-state index in [1.54, 1.807) is 49.6 Å². The molecule has 0 aliphatic carbocycles. The molecule has 0 unspecified atom stereocenters. The molecular weight excluding hydrogens is 256 g/mol. The molecule has 0 spiro atoms. The number of carbonyl (C=O) groups excluding carboxylic acids is 1. The van der Waals surface area contributed by atoms with Crippen LogP contribution in [0.3, 0.4) is 0 Å². The number of methoxy groups -OCH3 is 2. The molecule has 0 radical (unpaired) electrons. The fourth-order valence-corrected chi connectivity index (χ4v) is 1.80. The third-order valence-electron chi connectivity index (χ3n) is 2.80. The summed E-state index contributed by atoms with van der Waals surface area (Å²) in [6.45, 7) is 0. The molecule has 0 aliphatic heterocycles. The van der Waals surface area contributed by atoms with Gasteiger partial charge in [0, 0.05) is 17.4 Å². The van der Waals surface area contributed by atoms with Crippen molar-refractivity contribution in [3.63, 3.8) is 0 Å². The molecule has 3 N–H and O–H groups in total. The Morgan fingerprint density at radius 3 is 2.60 bits per heavy atom. The average Bonchev–Trinajstić information content (AvgIpc) is 2.47. The first-order valence-corrected chi connectivity index (χ1v) is 6.03. The Hall–Kier alpha value is -2.69. The van der Waals surface area contributed by atoms with E-state index in [1.165, 1.54) is 7.11 Å². The van der Waals surface area contributed by atoms with Crippen molar-refractivity contribution < 1.29 is 14.3 Å². The van der Waals surface area contributed by atoms with E-state index in [-0.39, 0.29) is 5.91 Å². The van der Waals surface area contributed by atoms with Gasteiger partial charge >= 0.3 is 0 Å². The number of carbonyl (C=O) groups is 1. The first kappa shape index (κ1) is 13.7. The predicted octanol–water partition coefficient (Wildman–Crippen LogP) is 2.54. The minimum atomic E-state index is -0.289. The molecule has 5 heteroatoms. The lowest BCUT2D eigenvalue weighted by atomic mass is 10.1. The molecule has 1 amide bonds. The maximum atomic E-state index is 12.3. The molecule has 0 aliphatic rings. The van der Waals surface area contributed by atoms with Crippen molar-refractivity contribution >= 4 is 17.3 Å². The Morgan fingerprint density at radius 2 is 1.90 bits per heavy atom. The van der Waals surface area contributed by atoms with Gasteiger partial charge in [-0.25, -0.2) is 0 Å². The fourth-order valence-electron chi connectivity index (χ4n) is 1.80. The summed E-state index contributed by atoms with van der Waals surface area (Å²) in [6.07, 6.45) is 0. The molecule has 0 aromatic heterocycles. The second kappa shape index (κ2) is 5.97. The van der Waals surface area contributed by atoms with Gasteiger partial charge in [0.05, 0.1) is 19.8 Å². The number of ether oxygens (including phenoxy) is 2. The van der Waals surface area contributed by atoms with E-state index in [0.717, 1.165) is 0 Å². The number of anilines is 2. The topological polar surface area (TPSA) is 73.6 Å². The molecule has 0 saturated heterocycles. The average molecular weight is 272 g/mol. The van der Waals surface area contributed by atoms with Gasteiger partial charge in [-0.3, -0.25) is 4.79 Å². The standard InChI is InChI=1S/C15H16N2O3/c1-19-12-5-3-4-11(9-12)17-15(18)13-8-10(16)6-7-14(13)20-2/h3-9H,16H2,1-2H3,(H,17,18). The quantitative estimate of drug-likeness (QED) is 0.839. The zero-order chi connectivity index (χ0) is 14.5. The van der Waals surface area contributed by atoms with Crippen LogP contribution in [0, 0.1) is 0 Å². The van der Waals surface area contributed by atoms with Crippen LogP contribution in [-0.2, 0) is 0 Å². The van der Waals surface area contributed by atoms with E-state index in [1.807, 2.05) is 0 Å². The number of hydrogen-bond donors (Lipinski definition) is 2. The van der Waals surface area contributed by atoms with Crippen LogP contribution in [0.5, 0.6) is 11.5 Å². The van der Waals surface area contributed by atoms with Gasteiger partial charge in [0.2, 0.25) is 0 Å². The highest BCUT2D eigenvalue weighted by molar-refractivity contribution is 6.06. The summed E-state index contributed by atoms with van der Waals surface area (Å²) in [4.78, 5) is 12.3.